The monoisotopic (exact) mass is 410 g/mol. The van der Waals surface area contributed by atoms with E-state index in [1.165, 1.54) is 27.6 Å². The molecule has 30 heavy (non-hydrogen) atoms. The summed E-state index contributed by atoms with van der Waals surface area (Å²) in [7, 11) is -2.07. The SMILES string of the molecule is c1ccc([P+](c2ccccc2)(c2ccccc2)c2ccc(OC3CCC3)nc2)cc1. The molecule has 1 aromatic heterocycles. The van der Waals surface area contributed by atoms with Crippen LogP contribution in [0.25, 0.3) is 0 Å². The van der Waals surface area contributed by atoms with Crippen molar-refractivity contribution in [2.24, 2.45) is 0 Å². The summed E-state index contributed by atoms with van der Waals surface area (Å²) in [6.07, 6.45) is 5.90. The lowest BCUT2D eigenvalue weighted by atomic mass is 9.96. The molecule has 0 spiro atoms. The molecule has 2 nitrogen and oxygen atoms in total. The van der Waals surface area contributed by atoms with E-state index in [1.807, 2.05) is 6.20 Å². The number of pyridine rings is 1. The molecule has 0 bridgehead atoms. The van der Waals surface area contributed by atoms with Crippen molar-refractivity contribution in [3.05, 3.63) is 109 Å². The molecule has 0 aliphatic heterocycles. The van der Waals surface area contributed by atoms with Gasteiger partial charge in [0.1, 0.15) is 34.6 Å². The van der Waals surface area contributed by atoms with Crippen LogP contribution in [0.2, 0.25) is 0 Å². The first-order valence-corrected chi connectivity index (χ1v) is 12.4. The highest BCUT2D eigenvalue weighted by molar-refractivity contribution is 8.01. The van der Waals surface area contributed by atoms with E-state index in [4.69, 9.17) is 9.72 Å². The second kappa shape index (κ2) is 8.42. The predicted molar refractivity (Wildman–Crippen MR) is 127 cm³/mol. The van der Waals surface area contributed by atoms with Crippen LogP contribution >= 0.6 is 7.26 Å². The highest BCUT2D eigenvalue weighted by atomic mass is 31.2. The Hall–Kier alpha value is -2.96. The minimum absolute atomic E-state index is 0.334. The van der Waals surface area contributed by atoms with Crippen molar-refractivity contribution in [2.75, 3.05) is 0 Å². The Balaban J connectivity index is 1.71. The van der Waals surface area contributed by atoms with E-state index < -0.39 is 7.26 Å². The maximum atomic E-state index is 6.04. The molecule has 0 amide bonds. The Morgan fingerprint density at radius 2 is 1.10 bits per heavy atom. The molecule has 1 aliphatic carbocycles. The van der Waals surface area contributed by atoms with Crippen LogP contribution in [-0.4, -0.2) is 11.1 Å². The van der Waals surface area contributed by atoms with Crippen LogP contribution < -0.4 is 26.0 Å². The Kier molecular flexibility index (Phi) is 5.34. The van der Waals surface area contributed by atoms with E-state index in [0.29, 0.717) is 6.10 Å². The summed E-state index contributed by atoms with van der Waals surface area (Å²) in [4.78, 5) is 4.75. The van der Waals surface area contributed by atoms with Gasteiger partial charge >= 0.3 is 0 Å². The molecule has 1 aliphatic rings. The minimum Gasteiger partial charge on any atom is -0.474 e. The molecule has 5 rings (SSSR count). The standard InChI is InChI=1S/C27H25NOP/c1-4-13-23(14-5-1)30(24-15-6-2-7-16-24,25-17-8-3-9-18-25)26-19-20-27(28-21-26)29-22-11-10-12-22/h1-9,13-22H,10-12H2/q+1. The van der Waals surface area contributed by atoms with E-state index in [-0.39, 0.29) is 0 Å². The fourth-order valence-electron chi connectivity index (χ4n) is 4.15. The maximum absolute atomic E-state index is 6.04. The predicted octanol–water partition coefficient (Wildman–Crippen LogP) is 4.63. The summed E-state index contributed by atoms with van der Waals surface area (Å²) < 4.78 is 6.04. The maximum Gasteiger partial charge on any atom is 0.213 e. The van der Waals surface area contributed by atoms with Crippen LogP contribution in [0.4, 0.5) is 0 Å². The molecule has 1 saturated carbocycles. The summed E-state index contributed by atoms with van der Waals surface area (Å²) in [6, 6.07) is 36.9. The first-order valence-electron chi connectivity index (χ1n) is 10.6. The van der Waals surface area contributed by atoms with Gasteiger partial charge in [-0.05, 0) is 61.7 Å². The van der Waals surface area contributed by atoms with E-state index in [0.717, 1.165) is 18.7 Å². The highest BCUT2D eigenvalue weighted by Gasteiger charge is 2.48. The second-order valence-corrected chi connectivity index (χ2v) is 11.1. The van der Waals surface area contributed by atoms with Crippen molar-refractivity contribution in [1.82, 2.24) is 4.98 Å². The summed E-state index contributed by atoms with van der Waals surface area (Å²) in [5.74, 6) is 0.732. The topological polar surface area (TPSA) is 22.1 Å². The summed E-state index contributed by atoms with van der Waals surface area (Å²) >= 11 is 0. The van der Waals surface area contributed by atoms with Crippen LogP contribution in [-0.2, 0) is 0 Å². The molecule has 0 atom stereocenters. The van der Waals surface area contributed by atoms with Gasteiger partial charge in [0.25, 0.3) is 0 Å². The summed E-state index contributed by atoms with van der Waals surface area (Å²) in [5, 5.41) is 5.23. The molecule has 1 fully saturated rings. The molecular weight excluding hydrogens is 385 g/mol. The van der Waals surface area contributed by atoms with Crippen LogP contribution in [0, 0.1) is 0 Å². The smallest absolute Gasteiger partial charge is 0.213 e. The number of ether oxygens (including phenoxy) is 1. The molecule has 3 aromatic carbocycles. The van der Waals surface area contributed by atoms with Gasteiger partial charge in [-0.1, -0.05) is 54.6 Å². The van der Waals surface area contributed by atoms with Gasteiger partial charge in [0, 0.05) is 6.07 Å². The Morgan fingerprint density at radius 3 is 1.47 bits per heavy atom. The lowest BCUT2D eigenvalue weighted by molar-refractivity contribution is 0.114. The first kappa shape index (κ1) is 19.0. The van der Waals surface area contributed by atoms with Crippen LogP contribution in [0.3, 0.4) is 0 Å². The normalized spacial score (nSPS) is 14.1. The fraction of sp³-hybridized carbons (Fsp3) is 0.148. The molecule has 0 saturated heterocycles. The molecule has 0 N–H and O–H groups in total. The Bertz CT molecular complexity index is 981. The third-order valence-electron chi connectivity index (χ3n) is 5.88. The fourth-order valence-corrected chi connectivity index (χ4v) is 8.33. The van der Waals surface area contributed by atoms with Gasteiger partial charge in [-0.15, -0.1) is 0 Å². The number of rotatable bonds is 6. The Morgan fingerprint density at radius 1 is 0.600 bits per heavy atom. The van der Waals surface area contributed by atoms with Crippen molar-refractivity contribution < 1.29 is 4.74 Å². The van der Waals surface area contributed by atoms with Gasteiger partial charge in [0.15, 0.2) is 0 Å². The highest BCUT2D eigenvalue weighted by Crippen LogP contribution is 2.54. The van der Waals surface area contributed by atoms with Gasteiger partial charge in [-0.25, -0.2) is 4.98 Å². The molecule has 148 valence electrons. The van der Waals surface area contributed by atoms with E-state index in [2.05, 4.69) is 103 Å². The third-order valence-corrected chi connectivity index (χ3v) is 10.1. The van der Waals surface area contributed by atoms with Gasteiger partial charge in [0.05, 0.1) is 6.20 Å². The Labute approximate surface area is 178 Å². The largest absolute Gasteiger partial charge is 0.474 e. The molecule has 0 radical (unpaired) electrons. The number of hydrogen-bond acceptors (Lipinski definition) is 2. The molecule has 4 aromatic rings. The van der Waals surface area contributed by atoms with Gasteiger partial charge in [0.2, 0.25) is 5.88 Å². The zero-order valence-corrected chi connectivity index (χ0v) is 17.8. The molecule has 3 heteroatoms. The van der Waals surface area contributed by atoms with Crippen LogP contribution in [0.5, 0.6) is 5.88 Å². The number of hydrogen-bond donors (Lipinski definition) is 0. The van der Waals surface area contributed by atoms with Gasteiger partial charge in [-0.3, -0.25) is 0 Å². The third kappa shape index (κ3) is 3.42. The zero-order valence-electron chi connectivity index (χ0n) is 16.9. The number of aromatic nitrogens is 1. The van der Waals surface area contributed by atoms with Crippen molar-refractivity contribution in [1.29, 1.82) is 0 Å². The lowest BCUT2D eigenvalue weighted by Crippen LogP contribution is -2.38. The van der Waals surface area contributed by atoms with Crippen molar-refractivity contribution in [3.8, 4) is 5.88 Å². The minimum atomic E-state index is -2.07. The van der Waals surface area contributed by atoms with Crippen molar-refractivity contribution >= 4 is 28.5 Å². The molecule has 0 unspecified atom stereocenters. The number of benzene rings is 3. The second-order valence-electron chi connectivity index (χ2n) is 7.70. The van der Waals surface area contributed by atoms with E-state index in [1.54, 1.807) is 0 Å². The molecular formula is C27H25NOP+. The van der Waals surface area contributed by atoms with Crippen LogP contribution in [0.1, 0.15) is 19.3 Å². The van der Waals surface area contributed by atoms with Crippen LogP contribution in [0.15, 0.2) is 109 Å². The average molecular weight is 410 g/mol. The first-order chi connectivity index (χ1) is 14.9. The lowest BCUT2D eigenvalue weighted by Gasteiger charge is -2.28. The van der Waals surface area contributed by atoms with Gasteiger partial charge in [-0.2, -0.15) is 0 Å². The zero-order chi connectivity index (χ0) is 20.2. The van der Waals surface area contributed by atoms with E-state index in [9.17, 15) is 0 Å². The quantitative estimate of drug-likeness (QED) is 0.433. The van der Waals surface area contributed by atoms with Crippen molar-refractivity contribution in [2.45, 2.75) is 25.4 Å². The van der Waals surface area contributed by atoms with Crippen molar-refractivity contribution in [3.63, 3.8) is 0 Å². The van der Waals surface area contributed by atoms with Gasteiger partial charge < -0.3 is 4.74 Å². The summed E-state index contributed by atoms with van der Waals surface area (Å²) in [6.45, 7) is 0. The molecule has 1 heterocycles. The summed E-state index contributed by atoms with van der Waals surface area (Å²) in [5.41, 5.74) is 0. The van der Waals surface area contributed by atoms with E-state index >= 15 is 0 Å². The number of nitrogens with zero attached hydrogens (tertiary/aromatic N) is 1. The average Bonchev–Trinajstić information content (AvgIpc) is 2.80.